The molecule has 1 aliphatic rings. The second-order valence-corrected chi connectivity index (χ2v) is 5.76. The average Bonchev–Trinajstić information content (AvgIpc) is 2.94. The molecular formula is C15H19ClN2O3. The number of carbonyl (C=O) groups is 2. The second-order valence-electron chi connectivity index (χ2n) is 5.36. The summed E-state index contributed by atoms with van der Waals surface area (Å²) in [6.07, 6.45) is 3.53. The summed E-state index contributed by atoms with van der Waals surface area (Å²) in [6.45, 7) is -0.205. The molecule has 5 nitrogen and oxygen atoms in total. The third-order valence-corrected chi connectivity index (χ3v) is 4.13. The molecule has 0 heterocycles. The van der Waals surface area contributed by atoms with Crippen molar-refractivity contribution in [3.05, 3.63) is 34.9 Å². The largest absolute Gasteiger partial charge is 0.394 e. The monoisotopic (exact) mass is 310 g/mol. The Balaban J connectivity index is 1.87. The fourth-order valence-electron chi connectivity index (χ4n) is 2.62. The number of amides is 2. The van der Waals surface area contributed by atoms with Crippen LogP contribution < -0.4 is 10.6 Å². The highest BCUT2D eigenvalue weighted by atomic mass is 35.5. The summed E-state index contributed by atoms with van der Waals surface area (Å²) in [5.41, 5.74) is -0.184. The maximum absolute atomic E-state index is 11.9. The third-order valence-electron chi connectivity index (χ3n) is 3.80. The smallest absolute Gasteiger partial charge is 0.253 e. The molecule has 0 radical (unpaired) electrons. The molecule has 2 rings (SSSR count). The average molecular weight is 311 g/mol. The minimum atomic E-state index is -0.522. The Hall–Kier alpha value is -1.59. The molecule has 0 aliphatic heterocycles. The van der Waals surface area contributed by atoms with Gasteiger partial charge >= 0.3 is 0 Å². The molecule has 1 aromatic rings. The standard InChI is InChI=1S/C15H19ClN2O3/c16-12-6-2-1-5-11(12)14(21)17-9-13(20)18-15(10-19)7-3-4-8-15/h1-2,5-6,19H,3-4,7-10H2,(H,17,21)(H,18,20). The highest BCUT2D eigenvalue weighted by Crippen LogP contribution is 2.28. The summed E-state index contributed by atoms with van der Waals surface area (Å²) in [7, 11) is 0. The molecule has 21 heavy (non-hydrogen) atoms. The van der Waals surface area contributed by atoms with Crippen LogP contribution in [0.5, 0.6) is 0 Å². The van der Waals surface area contributed by atoms with E-state index in [2.05, 4.69) is 10.6 Å². The van der Waals surface area contributed by atoms with E-state index in [9.17, 15) is 14.7 Å². The molecule has 6 heteroatoms. The molecule has 0 spiro atoms. The molecule has 2 amide bonds. The summed E-state index contributed by atoms with van der Waals surface area (Å²) in [4.78, 5) is 23.8. The molecule has 0 saturated heterocycles. The third kappa shape index (κ3) is 3.95. The lowest BCUT2D eigenvalue weighted by atomic mass is 9.99. The van der Waals surface area contributed by atoms with Crippen LogP contribution >= 0.6 is 11.6 Å². The van der Waals surface area contributed by atoms with Crippen molar-refractivity contribution < 1.29 is 14.7 Å². The lowest BCUT2D eigenvalue weighted by Crippen LogP contribution is -2.52. The number of aliphatic hydroxyl groups excluding tert-OH is 1. The van der Waals surface area contributed by atoms with Crippen molar-refractivity contribution in [3.63, 3.8) is 0 Å². The van der Waals surface area contributed by atoms with Crippen molar-refractivity contribution in [2.45, 2.75) is 31.2 Å². The van der Waals surface area contributed by atoms with Crippen molar-refractivity contribution in [1.29, 1.82) is 0 Å². The zero-order valence-electron chi connectivity index (χ0n) is 11.7. The fourth-order valence-corrected chi connectivity index (χ4v) is 2.84. The Labute approximate surface area is 128 Å². The molecule has 3 N–H and O–H groups in total. The highest BCUT2D eigenvalue weighted by Gasteiger charge is 2.34. The Bertz CT molecular complexity index is 527. The first kappa shape index (κ1) is 15.8. The van der Waals surface area contributed by atoms with Crippen LogP contribution in [0.2, 0.25) is 5.02 Å². The Kier molecular flexibility index (Phi) is 5.20. The van der Waals surface area contributed by atoms with E-state index in [4.69, 9.17) is 11.6 Å². The van der Waals surface area contributed by atoms with Gasteiger partial charge in [0.15, 0.2) is 0 Å². The summed E-state index contributed by atoms with van der Waals surface area (Å²) in [6, 6.07) is 6.66. The minimum absolute atomic E-state index is 0.0722. The molecule has 1 fully saturated rings. The van der Waals surface area contributed by atoms with E-state index < -0.39 is 5.54 Å². The van der Waals surface area contributed by atoms with Gasteiger partial charge in [0.25, 0.3) is 5.91 Å². The van der Waals surface area contributed by atoms with Gasteiger partial charge in [-0.15, -0.1) is 0 Å². The van der Waals surface area contributed by atoms with Gasteiger partial charge in [-0.05, 0) is 25.0 Å². The molecular weight excluding hydrogens is 292 g/mol. The van der Waals surface area contributed by atoms with Crippen LogP contribution in [0.1, 0.15) is 36.0 Å². The maximum Gasteiger partial charge on any atom is 0.253 e. The topological polar surface area (TPSA) is 78.4 Å². The van der Waals surface area contributed by atoms with E-state index >= 15 is 0 Å². The lowest BCUT2D eigenvalue weighted by Gasteiger charge is -2.28. The minimum Gasteiger partial charge on any atom is -0.394 e. The summed E-state index contributed by atoms with van der Waals surface area (Å²) < 4.78 is 0. The number of benzene rings is 1. The summed E-state index contributed by atoms with van der Waals surface area (Å²) in [5.74, 6) is -0.688. The molecule has 1 saturated carbocycles. The summed E-state index contributed by atoms with van der Waals surface area (Å²) in [5, 5.41) is 15.1. The van der Waals surface area contributed by atoms with Gasteiger partial charge in [0.05, 0.1) is 29.3 Å². The van der Waals surface area contributed by atoms with Gasteiger partial charge in [-0.1, -0.05) is 36.6 Å². The van der Waals surface area contributed by atoms with Crippen LogP contribution in [-0.4, -0.2) is 35.6 Å². The van der Waals surface area contributed by atoms with E-state index in [0.717, 1.165) is 25.7 Å². The van der Waals surface area contributed by atoms with E-state index in [1.54, 1.807) is 24.3 Å². The first-order chi connectivity index (χ1) is 10.1. The van der Waals surface area contributed by atoms with Crippen molar-refractivity contribution in [2.24, 2.45) is 0 Å². The van der Waals surface area contributed by atoms with Crippen molar-refractivity contribution in [2.75, 3.05) is 13.2 Å². The quantitative estimate of drug-likeness (QED) is 0.771. The Morgan fingerprint density at radius 1 is 1.24 bits per heavy atom. The Morgan fingerprint density at radius 2 is 1.90 bits per heavy atom. The number of carbonyl (C=O) groups excluding carboxylic acids is 2. The van der Waals surface area contributed by atoms with Crippen molar-refractivity contribution in [3.8, 4) is 0 Å². The van der Waals surface area contributed by atoms with Crippen LogP contribution in [0, 0.1) is 0 Å². The zero-order valence-corrected chi connectivity index (χ0v) is 12.4. The van der Waals surface area contributed by atoms with E-state index in [1.807, 2.05) is 0 Å². The maximum atomic E-state index is 11.9. The number of nitrogens with one attached hydrogen (secondary N) is 2. The number of hydrogen-bond donors (Lipinski definition) is 3. The molecule has 1 aromatic carbocycles. The SMILES string of the molecule is O=C(CNC(=O)c1ccccc1Cl)NC1(CO)CCCC1. The van der Waals surface area contributed by atoms with Crippen LogP contribution in [0.25, 0.3) is 0 Å². The predicted molar refractivity (Wildman–Crippen MR) is 80.2 cm³/mol. The molecule has 114 valence electrons. The molecule has 0 bridgehead atoms. The lowest BCUT2D eigenvalue weighted by molar-refractivity contribution is -0.122. The van der Waals surface area contributed by atoms with Crippen molar-refractivity contribution in [1.82, 2.24) is 10.6 Å². The van der Waals surface area contributed by atoms with Crippen LogP contribution in [0.4, 0.5) is 0 Å². The van der Waals surface area contributed by atoms with Gasteiger partial charge in [0.2, 0.25) is 5.91 Å². The predicted octanol–water partition coefficient (Wildman–Crippen LogP) is 1.49. The first-order valence-corrected chi connectivity index (χ1v) is 7.39. The number of aliphatic hydroxyl groups is 1. The van der Waals surface area contributed by atoms with Gasteiger partial charge in [0, 0.05) is 0 Å². The van der Waals surface area contributed by atoms with E-state index in [-0.39, 0.29) is 25.0 Å². The van der Waals surface area contributed by atoms with Crippen LogP contribution in [-0.2, 0) is 4.79 Å². The van der Waals surface area contributed by atoms with E-state index in [1.165, 1.54) is 0 Å². The van der Waals surface area contributed by atoms with Gasteiger partial charge in [-0.2, -0.15) is 0 Å². The first-order valence-electron chi connectivity index (χ1n) is 7.01. The van der Waals surface area contributed by atoms with Gasteiger partial charge in [0.1, 0.15) is 0 Å². The van der Waals surface area contributed by atoms with E-state index in [0.29, 0.717) is 10.6 Å². The van der Waals surface area contributed by atoms with Crippen LogP contribution in [0.3, 0.4) is 0 Å². The van der Waals surface area contributed by atoms with Crippen molar-refractivity contribution >= 4 is 23.4 Å². The van der Waals surface area contributed by atoms with Crippen LogP contribution in [0.15, 0.2) is 24.3 Å². The van der Waals surface area contributed by atoms with Gasteiger partial charge in [-0.25, -0.2) is 0 Å². The van der Waals surface area contributed by atoms with Gasteiger partial charge < -0.3 is 15.7 Å². The number of hydrogen-bond acceptors (Lipinski definition) is 3. The normalized spacial score (nSPS) is 16.5. The fraction of sp³-hybridized carbons (Fsp3) is 0.467. The number of rotatable bonds is 5. The molecule has 0 atom stereocenters. The molecule has 0 unspecified atom stereocenters. The highest BCUT2D eigenvalue weighted by molar-refractivity contribution is 6.33. The zero-order chi connectivity index (χ0) is 15.3. The Morgan fingerprint density at radius 3 is 2.52 bits per heavy atom. The molecule has 1 aliphatic carbocycles. The summed E-state index contributed by atoms with van der Waals surface area (Å²) >= 11 is 5.92. The number of halogens is 1. The second kappa shape index (κ2) is 6.91. The molecule has 0 aromatic heterocycles. The van der Waals surface area contributed by atoms with Gasteiger partial charge in [-0.3, -0.25) is 9.59 Å².